The fourth-order valence-electron chi connectivity index (χ4n) is 3.85. The molecule has 0 bridgehead atoms. The number of hydrogen-bond acceptors (Lipinski definition) is 4. The number of unbranched alkanes of at least 4 members (excludes halogenated alkanes) is 5. The number of Topliss-reactive ketones (excluding diaryl/α,β-unsaturated/α-hetero) is 2. The molecular formula is C23H40O4. The zero-order valence-electron chi connectivity index (χ0n) is 17.5. The van der Waals surface area contributed by atoms with Gasteiger partial charge in [0.15, 0.2) is 0 Å². The zero-order chi connectivity index (χ0) is 20.2. The van der Waals surface area contributed by atoms with E-state index in [9.17, 15) is 19.8 Å². The summed E-state index contributed by atoms with van der Waals surface area (Å²) in [6, 6.07) is 0. The van der Waals surface area contributed by atoms with Crippen LogP contribution in [0.5, 0.6) is 0 Å². The molecule has 1 fully saturated rings. The molecule has 4 heteroatoms. The fourth-order valence-corrected chi connectivity index (χ4v) is 3.85. The Balaban J connectivity index is 2.36. The molecule has 0 saturated heterocycles. The molecule has 0 aliphatic heterocycles. The predicted molar refractivity (Wildman–Crippen MR) is 109 cm³/mol. The molecule has 1 aliphatic carbocycles. The second kappa shape index (κ2) is 13.2. The molecule has 0 unspecified atom stereocenters. The van der Waals surface area contributed by atoms with Crippen LogP contribution in [0, 0.1) is 17.8 Å². The van der Waals surface area contributed by atoms with Crippen LogP contribution in [0.2, 0.25) is 0 Å². The van der Waals surface area contributed by atoms with Gasteiger partial charge in [-0.1, -0.05) is 71.4 Å². The number of ketones is 2. The minimum atomic E-state index is -0.620. The van der Waals surface area contributed by atoms with Crippen molar-refractivity contribution in [2.45, 2.75) is 104 Å². The highest BCUT2D eigenvalue weighted by Gasteiger charge is 2.39. The molecule has 2 N–H and O–H groups in total. The van der Waals surface area contributed by atoms with Crippen molar-refractivity contribution < 1.29 is 19.8 Å². The Morgan fingerprint density at radius 3 is 2.52 bits per heavy atom. The van der Waals surface area contributed by atoms with E-state index < -0.39 is 12.2 Å². The summed E-state index contributed by atoms with van der Waals surface area (Å²) in [5.41, 5.74) is 0. The molecule has 156 valence electrons. The Labute approximate surface area is 165 Å². The second-order valence-electron chi connectivity index (χ2n) is 8.44. The van der Waals surface area contributed by atoms with Gasteiger partial charge in [-0.15, -0.1) is 0 Å². The van der Waals surface area contributed by atoms with E-state index >= 15 is 0 Å². The zero-order valence-corrected chi connectivity index (χ0v) is 17.5. The lowest BCUT2D eigenvalue weighted by Gasteiger charge is -2.18. The van der Waals surface area contributed by atoms with Crippen molar-refractivity contribution in [2.24, 2.45) is 17.8 Å². The molecule has 0 aromatic carbocycles. The van der Waals surface area contributed by atoms with Gasteiger partial charge < -0.3 is 10.2 Å². The predicted octanol–water partition coefficient (Wildman–Crippen LogP) is 4.62. The quantitative estimate of drug-likeness (QED) is 0.341. The van der Waals surface area contributed by atoms with E-state index in [1.54, 1.807) is 6.08 Å². The summed E-state index contributed by atoms with van der Waals surface area (Å²) in [5.74, 6) is 0.295. The highest BCUT2D eigenvalue weighted by Crippen LogP contribution is 2.34. The summed E-state index contributed by atoms with van der Waals surface area (Å²) in [4.78, 5) is 23.8. The molecule has 4 atom stereocenters. The standard InChI is InChI=1S/C23H40O4/c1-4-5-8-11-18(24)14-15-20-19(22(26)16-23(20)27)12-9-6-7-10-13-21(25)17(2)3/h14-15,17-20,23-24,27H,4-13,16H2,1-3H3/b15-14+/t18-,19+,20+,23+/m0/s1. The summed E-state index contributed by atoms with van der Waals surface area (Å²) < 4.78 is 0. The van der Waals surface area contributed by atoms with Crippen LogP contribution in [0.3, 0.4) is 0 Å². The maximum Gasteiger partial charge on any atom is 0.139 e. The normalized spacial score (nSPS) is 24.2. The van der Waals surface area contributed by atoms with Crippen molar-refractivity contribution in [3.63, 3.8) is 0 Å². The van der Waals surface area contributed by atoms with Crippen LogP contribution in [-0.2, 0) is 9.59 Å². The Morgan fingerprint density at radius 1 is 1.15 bits per heavy atom. The summed E-state index contributed by atoms with van der Waals surface area (Å²) in [6.07, 6.45) is 12.1. The minimum absolute atomic E-state index is 0.118. The van der Waals surface area contributed by atoms with Gasteiger partial charge in [0.2, 0.25) is 0 Å². The molecule has 0 spiro atoms. The average molecular weight is 381 g/mol. The van der Waals surface area contributed by atoms with Crippen LogP contribution in [0.25, 0.3) is 0 Å². The van der Waals surface area contributed by atoms with E-state index in [-0.39, 0.29) is 30.0 Å². The van der Waals surface area contributed by atoms with Gasteiger partial charge in [-0.05, 0) is 19.3 Å². The lowest BCUT2D eigenvalue weighted by atomic mass is 9.88. The molecule has 0 aromatic heterocycles. The number of aliphatic hydroxyl groups excluding tert-OH is 2. The first-order valence-electron chi connectivity index (χ1n) is 11.0. The lowest BCUT2D eigenvalue weighted by molar-refractivity contribution is -0.122. The van der Waals surface area contributed by atoms with Crippen molar-refractivity contribution in [1.29, 1.82) is 0 Å². The monoisotopic (exact) mass is 380 g/mol. The van der Waals surface area contributed by atoms with E-state index in [1.165, 1.54) is 0 Å². The summed E-state index contributed by atoms with van der Waals surface area (Å²) in [6.45, 7) is 6.01. The Bertz CT molecular complexity index is 469. The van der Waals surface area contributed by atoms with Crippen LogP contribution in [0.15, 0.2) is 12.2 Å². The second-order valence-corrected chi connectivity index (χ2v) is 8.44. The molecule has 0 amide bonds. The van der Waals surface area contributed by atoms with E-state index in [1.807, 2.05) is 19.9 Å². The molecule has 1 rings (SSSR count). The molecule has 0 heterocycles. The van der Waals surface area contributed by atoms with Crippen LogP contribution in [-0.4, -0.2) is 34.0 Å². The summed E-state index contributed by atoms with van der Waals surface area (Å²) >= 11 is 0. The Morgan fingerprint density at radius 2 is 1.85 bits per heavy atom. The van der Waals surface area contributed by atoms with Crippen molar-refractivity contribution in [3.05, 3.63) is 12.2 Å². The minimum Gasteiger partial charge on any atom is -0.392 e. The van der Waals surface area contributed by atoms with Gasteiger partial charge in [0.25, 0.3) is 0 Å². The smallest absolute Gasteiger partial charge is 0.139 e. The van der Waals surface area contributed by atoms with Gasteiger partial charge in [0.1, 0.15) is 11.6 Å². The number of hydrogen-bond donors (Lipinski definition) is 2. The maximum absolute atomic E-state index is 12.2. The van der Waals surface area contributed by atoms with E-state index in [4.69, 9.17) is 0 Å². The highest BCUT2D eigenvalue weighted by atomic mass is 16.3. The summed E-state index contributed by atoms with van der Waals surface area (Å²) in [5, 5.41) is 20.3. The van der Waals surface area contributed by atoms with Crippen LogP contribution in [0.1, 0.15) is 91.4 Å². The van der Waals surface area contributed by atoms with E-state index in [2.05, 4.69) is 6.92 Å². The van der Waals surface area contributed by atoms with Crippen LogP contribution < -0.4 is 0 Å². The highest BCUT2D eigenvalue weighted by molar-refractivity contribution is 5.84. The Hall–Kier alpha value is -1.00. The van der Waals surface area contributed by atoms with Crippen molar-refractivity contribution >= 4 is 11.6 Å². The molecule has 1 saturated carbocycles. The average Bonchev–Trinajstić information content (AvgIpc) is 2.88. The molecule has 1 aliphatic rings. The first kappa shape index (κ1) is 24.0. The van der Waals surface area contributed by atoms with Gasteiger partial charge in [0, 0.05) is 30.6 Å². The first-order chi connectivity index (χ1) is 12.9. The van der Waals surface area contributed by atoms with Gasteiger partial charge >= 0.3 is 0 Å². The molecule has 0 radical (unpaired) electrons. The topological polar surface area (TPSA) is 74.6 Å². The SMILES string of the molecule is CCCCC[C@H](O)/C=C/[C@H]1[C@H](O)CC(=O)[C@@H]1CCCCCCC(=O)C(C)C. The van der Waals surface area contributed by atoms with Crippen molar-refractivity contribution in [1.82, 2.24) is 0 Å². The largest absolute Gasteiger partial charge is 0.392 e. The number of carbonyl (C=O) groups is 2. The first-order valence-corrected chi connectivity index (χ1v) is 11.0. The van der Waals surface area contributed by atoms with E-state index in [0.717, 1.165) is 57.8 Å². The van der Waals surface area contributed by atoms with Crippen molar-refractivity contribution in [2.75, 3.05) is 0 Å². The maximum atomic E-state index is 12.2. The third-order valence-corrected chi connectivity index (χ3v) is 5.72. The molecule has 4 nitrogen and oxygen atoms in total. The van der Waals surface area contributed by atoms with Crippen molar-refractivity contribution in [3.8, 4) is 0 Å². The summed E-state index contributed by atoms with van der Waals surface area (Å²) in [7, 11) is 0. The fraction of sp³-hybridized carbons (Fsp3) is 0.826. The van der Waals surface area contributed by atoms with Crippen LogP contribution >= 0.6 is 0 Å². The number of rotatable bonds is 14. The third-order valence-electron chi connectivity index (χ3n) is 5.72. The Kier molecular flexibility index (Phi) is 11.8. The van der Waals surface area contributed by atoms with E-state index in [0.29, 0.717) is 12.2 Å². The lowest BCUT2D eigenvalue weighted by Crippen LogP contribution is -2.19. The number of aliphatic hydroxyl groups is 2. The molecular weight excluding hydrogens is 340 g/mol. The number of carbonyl (C=O) groups excluding carboxylic acids is 2. The molecule has 27 heavy (non-hydrogen) atoms. The van der Waals surface area contributed by atoms with Gasteiger partial charge in [0.05, 0.1) is 12.2 Å². The van der Waals surface area contributed by atoms with Gasteiger partial charge in [-0.25, -0.2) is 0 Å². The van der Waals surface area contributed by atoms with Gasteiger partial charge in [-0.3, -0.25) is 9.59 Å². The molecule has 0 aromatic rings. The van der Waals surface area contributed by atoms with Gasteiger partial charge in [-0.2, -0.15) is 0 Å². The van der Waals surface area contributed by atoms with Crippen LogP contribution in [0.4, 0.5) is 0 Å². The third kappa shape index (κ3) is 9.16.